The summed E-state index contributed by atoms with van der Waals surface area (Å²) in [5.74, 6) is 0. The second-order valence-electron chi connectivity index (χ2n) is 9.04. The highest BCUT2D eigenvalue weighted by molar-refractivity contribution is 7.85. The molecule has 0 aromatic heterocycles. The monoisotopic (exact) mass is 455 g/mol. The Morgan fingerprint density at radius 1 is 0.677 bits per heavy atom. The van der Waals surface area contributed by atoms with Crippen LogP contribution in [0.2, 0.25) is 0 Å². The zero-order chi connectivity index (χ0) is 23.4. The molecular weight excluding hydrogens is 406 g/mol. The first-order valence-electron chi connectivity index (χ1n) is 12.5. The van der Waals surface area contributed by atoms with Crippen molar-refractivity contribution in [3.05, 3.63) is 29.8 Å². The van der Waals surface area contributed by atoms with Gasteiger partial charge < -0.3 is 4.90 Å². The van der Waals surface area contributed by atoms with E-state index < -0.39 is 10.1 Å². The summed E-state index contributed by atoms with van der Waals surface area (Å²) < 4.78 is 29.6. The van der Waals surface area contributed by atoms with Crippen LogP contribution in [-0.4, -0.2) is 38.5 Å². The third-order valence-electron chi connectivity index (χ3n) is 5.53. The number of hydrogen-bond donors (Lipinski definition) is 1. The Balaban J connectivity index is 0.000000683. The summed E-state index contributed by atoms with van der Waals surface area (Å²) >= 11 is 0. The van der Waals surface area contributed by atoms with E-state index in [0.29, 0.717) is 0 Å². The van der Waals surface area contributed by atoms with E-state index in [4.69, 9.17) is 4.55 Å². The molecule has 0 amide bonds. The molecule has 1 aromatic carbocycles. The fourth-order valence-corrected chi connectivity index (χ4v) is 3.99. The van der Waals surface area contributed by atoms with Crippen LogP contribution in [-0.2, 0) is 10.1 Å². The fraction of sp³-hybridized carbons (Fsp3) is 0.769. The van der Waals surface area contributed by atoms with Gasteiger partial charge in [-0.3, -0.25) is 4.55 Å². The van der Waals surface area contributed by atoms with Crippen LogP contribution in [0.15, 0.2) is 29.2 Å². The smallest absolute Gasteiger partial charge is 0.294 e. The first kappa shape index (κ1) is 30.1. The molecule has 0 atom stereocenters. The van der Waals surface area contributed by atoms with Crippen LogP contribution in [0.5, 0.6) is 0 Å². The van der Waals surface area contributed by atoms with Crippen molar-refractivity contribution in [1.29, 1.82) is 0 Å². The van der Waals surface area contributed by atoms with Crippen molar-refractivity contribution in [2.75, 3.05) is 20.6 Å². The van der Waals surface area contributed by atoms with E-state index in [1.807, 2.05) is 6.92 Å². The van der Waals surface area contributed by atoms with Crippen molar-refractivity contribution < 1.29 is 13.0 Å². The molecule has 0 aliphatic heterocycles. The topological polar surface area (TPSA) is 57.6 Å². The summed E-state index contributed by atoms with van der Waals surface area (Å²) in [4.78, 5) is 2.23. The molecule has 5 heteroatoms. The Morgan fingerprint density at radius 3 is 1.35 bits per heavy atom. The molecule has 0 radical (unpaired) electrons. The highest BCUT2D eigenvalue weighted by Gasteiger charge is 2.06. The molecule has 0 bridgehead atoms. The van der Waals surface area contributed by atoms with Gasteiger partial charge in [-0.15, -0.1) is 0 Å². The Bertz CT molecular complexity index is 612. The maximum atomic E-state index is 10.5. The van der Waals surface area contributed by atoms with Gasteiger partial charge in [-0.1, -0.05) is 115 Å². The zero-order valence-corrected chi connectivity index (χ0v) is 21.6. The normalized spacial score (nSPS) is 11.4. The molecule has 1 N–H and O–H groups in total. The minimum absolute atomic E-state index is 0.0666. The number of benzene rings is 1. The summed E-state index contributed by atoms with van der Waals surface area (Å²) in [5.41, 5.74) is 0.956. The fourth-order valence-electron chi connectivity index (χ4n) is 3.51. The standard InChI is InChI=1S/C19H41N.C7H8O3S/c1-4-5-6-7-8-9-10-11-12-13-14-15-16-17-18-19-20(2)3;1-6-2-4-7(5-3-6)11(8,9)10/h4-19H2,1-3H3;2-5H,1H3,(H,8,9,10). The van der Waals surface area contributed by atoms with Gasteiger partial charge in [-0.25, -0.2) is 0 Å². The van der Waals surface area contributed by atoms with E-state index in [1.54, 1.807) is 12.1 Å². The van der Waals surface area contributed by atoms with Crippen LogP contribution >= 0.6 is 0 Å². The molecule has 0 fully saturated rings. The number of rotatable bonds is 17. The average Bonchev–Trinajstić information content (AvgIpc) is 2.71. The molecule has 0 aliphatic carbocycles. The van der Waals surface area contributed by atoms with Crippen LogP contribution < -0.4 is 0 Å². The zero-order valence-electron chi connectivity index (χ0n) is 20.7. The largest absolute Gasteiger partial charge is 0.309 e. The van der Waals surface area contributed by atoms with E-state index in [9.17, 15) is 8.42 Å². The molecule has 0 heterocycles. The van der Waals surface area contributed by atoms with Crippen molar-refractivity contribution in [3.63, 3.8) is 0 Å². The van der Waals surface area contributed by atoms with E-state index >= 15 is 0 Å². The maximum absolute atomic E-state index is 10.5. The summed E-state index contributed by atoms with van der Waals surface area (Å²) in [6.45, 7) is 5.40. The van der Waals surface area contributed by atoms with Gasteiger partial charge in [0.1, 0.15) is 0 Å². The average molecular weight is 456 g/mol. The van der Waals surface area contributed by atoms with Gasteiger partial charge in [0.15, 0.2) is 0 Å². The summed E-state index contributed by atoms with van der Waals surface area (Å²) in [6, 6.07) is 5.99. The van der Waals surface area contributed by atoms with Crippen molar-refractivity contribution in [2.24, 2.45) is 0 Å². The quantitative estimate of drug-likeness (QED) is 0.193. The lowest BCUT2D eigenvalue weighted by Gasteiger charge is -2.08. The first-order chi connectivity index (χ1) is 14.8. The molecule has 1 aromatic rings. The summed E-state index contributed by atoms with van der Waals surface area (Å²) in [6.07, 6.45) is 21.8. The Hall–Kier alpha value is -0.910. The predicted molar refractivity (Wildman–Crippen MR) is 134 cm³/mol. The lowest BCUT2D eigenvalue weighted by molar-refractivity contribution is 0.389. The van der Waals surface area contributed by atoms with Crippen LogP contribution in [0, 0.1) is 6.92 Å². The lowest BCUT2D eigenvalue weighted by Crippen LogP contribution is -2.12. The number of nitrogens with zero attached hydrogens (tertiary/aromatic N) is 1. The van der Waals surface area contributed by atoms with Crippen LogP contribution in [0.1, 0.15) is 109 Å². The van der Waals surface area contributed by atoms with Crippen molar-refractivity contribution in [1.82, 2.24) is 4.90 Å². The molecule has 0 aliphatic rings. The minimum Gasteiger partial charge on any atom is -0.309 e. The van der Waals surface area contributed by atoms with E-state index in [0.717, 1.165) is 5.56 Å². The summed E-state index contributed by atoms with van der Waals surface area (Å²) in [5, 5.41) is 0. The van der Waals surface area contributed by atoms with Gasteiger partial charge in [-0.05, 0) is 46.1 Å². The molecule has 4 nitrogen and oxygen atoms in total. The molecular formula is C26H49NO3S. The summed E-state index contributed by atoms with van der Waals surface area (Å²) in [7, 11) is 0.321. The van der Waals surface area contributed by atoms with Gasteiger partial charge in [0, 0.05) is 0 Å². The highest BCUT2D eigenvalue weighted by atomic mass is 32.2. The third kappa shape index (κ3) is 20.7. The SMILES string of the molecule is CCCCCCCCCCCCCCCCCN(C)C.Cc1ccc(S(=O)(=O)O)cc1. The first-order valence-corrected chi connectivity index (χ1v) is 13.9. The predicted octanol–water partition coefficient (Wildman–Crippen LogP) is 7.66. The number of hydrogen-bond acceptors (Lipinski definition) is 3. The van der Waals surface area contributed by atoms with Crippen molar-refractivity contribution in [3.8, 4) is 0 Å². The van der Waals surface area contributed by atoms with Gasteiger partial charge in [0.05, 0.1) is 4.90 Å². The second-order valence-corrected chi connectivity index (χ2v) is 10.5. The molecule has 0 spiro atoms. The van der Waals surface area contributed by atoms with E-state index in [2.05, 4.69) is 25.9 Å². The number of unbranched alkanes of at least 4 members (excludes halogenated alkanes) is 14. The van der Waals surface area contributed by atoms with Gasteiger partial charge in [0.2, 0.25) is 0 Å². The number of aryl methyl sites for hydroxylation is 1. The second kappa shape index (κ2) is 19.8. The molecule has 31 heavy (non-hydrogen) atoms. The minimum atomic E-state index is -4.02. The van der Waals surface area contributed by atoms with E-state index in [-0.39, 0.29) is 4.90 Å². The van der Waals surface area contributed by atoms with Crippen LogP contribution in [0.25, 0.3) is 0 Å². The Labute approximate surface area is 193 Å². The highest BCUT2D eigenvalue weighted by Crippen LogP contribution is 2.13. The molecule has 0 unspecified atom stereocenters. The lowest BCUT2D eigenvalue weighted by atomic mass is 10.0. The van der Waals surface area contributed by atoms with Crippen molar-refractivity contribution in [2.45, 2.75) is 115 Å². The molecule has 0 saturated heterocycles. The van der Waals surface area contributed by atoms with Gasteiger partial charge in [0.25, 0.3) is 10.1 Å². The molecule has 1 rings (SSSR count). The molecule has 182 valence electrons. The Kier molecular flexibility index (Phi) is 19.2. The van der Waals surface area contributed by atoms with Gasteiger partial charge in [-0.2, -0.15) is 8.42 Å². The maximum Gasteiger partial charge on any atom is 0.294 e. The van der Waals surface area contributed by atoms with Gasteiger partial charge >= 0.3 is 0 Å². The van der Waals surface area contributed by atoms with Crippen LogP contribution in [0.4, 0.5) is 0 Å². The van der Waals surface area contributed by atoms with Crippen molar-refractivity contribution >= 4 is 10.1 Å². The third-order valence-corrected chi connectivity index (χ3v) is 6.40. The molecule has 0 saturated carbocycles. The van der Waals surface area contributed by atoms with E-state index in [1.165, 1.54) is 115 Å². The Morgan fingerprint density at radius 2 is 1.03 bits per heavy atom. The van der Waals surface area contributed by atoms with Crippen LogP contribution in [0.3, 0.4) is 0 Å².